The predicted molar refractivity (Wildman–Crippen MR) is 83.0 cm³/mol. The van der Waals surface area contributed by atoms with E-state index in [1.165, 1.54) is 11.3 Å². The number of aryl methyl sites for hydroxylation is 3. The van der Waals surface area contributed by atoms with E-state index < -0.39 is 0 Å². The second-order valence-electron chi connectivity index (χ2n) is 5.30. The van der Waals surface area contributed by atoms with E-state index in [1.54, 1.807) is 22.7 Å². The molecule has 2 aromatic rings. The largest absolute Gasteiger partial charge is 0.296 e. The van der Waals surface area contributed by atoms with Crippen LogP contribution in [0.2, 0.25) is 0 Å². The number of carbonyl (C=O) groups is 1. The number of aromatic nitrogens is 2. The molecule has 6 heteroatoms. The van der Waals surface area contributed by atoms with Crippen LogP contribution in [0, 0.1) is 6.92 Å². The van der Waals surface area contributed by atoms with Crippen molar-refractivity contribution in [2.75, 3.05) is 5.32 Å². The molecule has 0 saturated heterocycles. The zero-order valence-corrected chi connectivity index (χ0v) is 13.5. The number of rotatable bonds is 3. The molecule has 0 bridgehead atoms. The summed E-state index contributed by atoms with van der Waals surface area (Å²) in [5.74, 6) is 0.175. The van der Waals surface area contributed by atoms with Crippen molar-refractivity contribution in [3.63, 3.8) is 0 Å². The van der Waals surface area contributed by atoms with Gasteiger partial charge in [-0.2, -0.15) is 0 Å². The van der Waals surface area contributed by atoms with Gasteiger partial charge in [-0.3, -0.25) is 10.1 Å². The van der Waals surface area contributed by atoms with Crippen LogP contribution in [0.3, 0.4) is 0 Å². The van der Waals surface area contributed by atoms with Crippen LogP contribution >= 0.6 is 22.7 Å². The van der Waals surface area contributed by atoms with E-state index in [1.807, 2.05) is 6.92 Å². The molecule has 0 saturated carbocycles. The molecule has 0 atom stereocenters. The lowest BCUT2D eigenvalue weighted by Gasteiger charge is -2.04. The Labute approximate surface area is 126 Å². The van der Waals surface area contributed by atoms with Crippen LogP contribution in [0.5, 0.6) is 0 Å². The quantitative estimate of drug-likeness (QED) is 0.939. The van der Waals surface area contributed by atoms with Gasteiger partial charge in [0.15, 0.2) is 5.13 Å². The van der Waals surface area contributed by atoms with Crippen molar-refractivity contribution in [1.82, 2.24) is 9.97 Å². The maximum atomic E-state index is 12.4. The molecule has 3 rings (SSSR count). The zero-order valence-electron chi connectivity index (χ0n) is 11.8. The average molecular weight is 307 g/mol. The van der Waals surface area contributed by atoms with Crippen molar-refractivity contribution in [1.29, 1.82) is 0 Å². The Kier molecular flexibility index (Phi) is 3.60. The Bertz CT molecular complexity index is 636. The highest BCUT2D eigenvalue weighted by atomic mass is 32.1. The molecule has 0 fully saturated rings. The molecule has 2 aromatic heterocycles. The molecule has 0 radical (unpaired) electrons. The zero-order chi connectivity index (χ0) is 14.3. The fraction of sp³-hybridized carbons (Fsp3) is 0.500. The molecule has 2 heterocycles. The average Bonchev–Trinajstić information content (AvgIpc) is 3.02. The molecule has 1 aliphatic rings. The summed E-state index contributed by atoms with van der Waals surface area (Å²) in [6.45, 7) is 6.11. The Hall–Kier alpha value is -1.27. The second kappa shape index (κ2) is 5.26. The number of hydrogen-bond acceptors (Lipinski definition) is 5. The maximum absolute atomic E-state index is 12.4. The first-order valence-corrected chi connectivity index (χ1v) is 8.45. The first-order valence-electron chi connectivity index (χ1n) is 6.82. The SMILES string of the molecule is Cc1nc(C(=O)Nc2nc3c(s2)CCC3)c(C(C)C)s1. The summed E-state index contributed by atoms with van der Waals surface area (Å²) in [7, 11) is 0. The molecular formula is C14H17N3OS2. The summed E-state index contributed by atoms with van der Waals surface area (Å²) in [5.41, 5.74) is 1.71. The highest BCUT2D eigenvalue weighted by molar-refractivity contribution is 7.16. The Balaban J connectivity index is 1.82. The van der Waals surface area contributed by atoms with Gasteiger partial charge >= 0.3 is 0 Å². The van der Waals surface area contributed by atoms with Crippen LogP contribution in [-0.2, 0) is 12.8 Å². The third-order valence-electron chi connectivity index (χ3n) is 3.32. The fourth-order valence-corrected chi connectivity index (χ4v) is 4.37. The number of thiazole rings is 2. The minimum absolute atomic E-state index is 0.134. The minimum atomic E-state index is -0.134. The van der Waals surface area contributed by atoms with Gasteiger partial charge in [-0.05, 0) is 32.1 Å². The monoisotopic (exact) mass is 307 g/mol. The van der Waals surface area contributed by atoms with Gasteiger partial charge < -0.3 is 0 Å². The van der Waals surface area contributed by atoms with E-state index in [0.717, 1.165) is 28.4 Å². The number of anilines is 1. The van der Waals surface area contributed by atoms with Gasteiger partial charge in [-0.15, -0.1) is 22.7 Å². The van der Waals surface area contributed by atoms with E-state index in [9.17, 15) is 4.79 Å². The molecule has 0 spiro atoms. The summed E-state index contributed by atoms with van der Waals surface area (Å²) >= 11 is 3.20. The number of amides is 1. The van der Waals surface area contributed by atoms with Crippen molar-refractivity contribution in [3.05, 3.63) is 26.1 Å². The summed E-state index contributed by atoms with van der Waals surface area (Å²) in [5, 5.41) is 4.55. The van der Waals surface area contributed by atoms with Crippen molar-refractivity contribution in [2.45, 2.75) is 46.0 Å². The van der Waals surface area contributed by atoms with Gasteiger partial charge in [0.1, 0.15) is 5.69 Å². The highest BCUT2D eigenvalue weighted by Gasteiger charge is 2.22. The first-order chi connectivity index (χ1) is 9.54. The number of nitrogens with one attached hydrogen (secondary N) is 1. The van der Waals surface area contributed by atoms with Crippen LogP contribution in [0.15, 0.2) is 0 Å². The van der Waals surface area contributed by atoms with Crippen molar-refractivity contribution in [3.8, 4) is 0 Å². The molecule has 106 valence electrons. The van der Waals surface area contributed by atoms with Crippen molar-refractivity contribution in [2.24, 2.45) is 0 Å². The van der Waals surface area contributed by atoms with E-state index >= 15 is 0 Å². The van der Waals surface area contributed by atoms with Gasteiger partial charge in [-0.1, -0.05) is 13.8 Å². The third-order valence-corrected chi connectivity index (χ3v) is 5.66. The molecule has 1 amide bonds. The van der Waals surface area contributed by atoms with Crippen molar-refractivity contribution >= 4 is 33.7 Å². The smallest absolute Gasteiger partial charge is 0.277 e. The van der Waals surface area contributed by atoms with Crippen molar-refractivity contribution < 1.29 is 4.79 Å². The molecule has 1 aliphatic carbocycles. The first kappa shape index (κ1) is 13.7. The number of fused-ring (bicyclic) bond motifs is 1. The summed E-state index contributed by atoms with van der Waals surface area (Å²) in [4.78, 5) is 23.6. The van der Waals surface area contributed by atoms with E-state index in [2.05, 4.69) is 29.1 Å². The molecule has 4 nitrogen and oxygen atoms in total. The normalized spacial score (nSPS) is 13.8. The molecular weight excluding hydrogens is 290 g/mol. The molecule has 0 aliphatic heterocycles. The van der Waals surface area contributed by atoms with Crippen LogP contribution in [0.1, 0.15) is 57.1 Å². The number of hydrogen-bond donors (Lipinski definition) is 1. The van der Waals surface area contributed by atoms with E-state index in [4.69, 9.17) is 0 Å². The Morgan fingerprint density at radius 3 is 2.75 bits per heavy atom. The number of carbonyl (C=O) groups excluding carboxylic acids is 1. The van der Waals surface area contributed by atoms with Crippen LogP contribution in [0.4, 0.5) is 5.13 Å². The topological polar surface area (TPSA) is 54.9 Å². The van der Waals surface area contributed by atoms with E-state index in [0.29, 0.717) is 16.7 Å². The van der Waals surface area contributed by atoms with Gasteiger partial charge in [0.05, 0.1) is 10.7 Å². The molecule has 20 heavy (non-hydrogen) atoms. The van der Waals surface area contributed by atoms with Gasteiger partial charge in [0.2, 0.25) is 0 Å². The van der Waals surface area contributed by atoms with Gasteiger partial charge in [-0.25, -0.2) is 9.97 Å². The van der Waals surface area contributed by atoms with Gasteiger partial charge in [0, 0.05) is 9.75 Å². The lowest BCUT2D eigenvalue weighted by molar-refractivity contribution is 0.102. The lowest BCUT2D eigenvalue weighted by Crippen LogP contribution is -2.14. The lowest BCUT2D eigenvalue weighted by atomic mass is 10.1. The second-order valence-corrected chi connectivity index (χ2v) is 7.62. The van der Waals surface area contributed by atoms with Gasteiger partial charge in [0.25, 0.3) is 5.91 Å². The molecule has 0 aromatic carbocycles. The fourth-order valence-electron chi connectivity index (χ4n) is 2.40. The third kappa shape index (κ3) is 2.50. The minimum Gasteiger partial charge on any atom is -0.296 e. The summed E-state index contributed by atoms with van der Waals surface area (Å²) < 4.78 is 0. The maximum Gasteiger partial charge on any atom is 0.277 e. The number of nitrogens with zero attached hydrogens (tertiary/aromatic N) is 2. The van der Waals surface area contributed by atoms with E-state index in [-0.39, 0.29) is 5.91 Å². The van der Waals surface area contributed by atoms with Crippen LogP contribution in [-0.4, -0.2) is 15.9 Å². The summed E-state index contributed by atoms with van der Waals surface area (Å²) in [6.07, 6.45) is 3.32. The van der Waals surface area contributed by atoms with Crippen LogP contribution < -0.4 is 5.32 Å². The molecule has 1 N–H and O–H groups in total. The Morgan fingerprint density at radius 1 is 1.25 bits per heavy atom. The van der Waals surface area contributed by atoms with Crippen LogP contribution in [0.25, 0.3) is 0 Å². The predicted octanol–water partition coefficient (Wildman–Crippen LogP) is 3.77. The summed E-state index contributed by atoms with van der Waals surface area (Å²) in [6, 6.07) is 0. The Morgan fingerprint density at radius 2 is 2.05 bits per heavy atom. The highest BCUT2D eigenvalue weighted by Crippen LogP contribution is 2.31. The molecule has 0 unspecified atom stereocenters. The standard InChI is InChI=1S/C14H17N3OS2/c1-7(2)12-11(15-8(3)19-12)13(18)17-14-16-9-5-4-6-10(9)20-14/h7H,4-6H2,1-3H3,(H,16,17,18).